The van der Waals surface area contributed by atoms with Gasteiger partial charge in [-0.3, -0.25) is 4.21 Å². The van der Waals surface area contributed by atoms with Gasteiger partial charge in [0, 0.05) is 8.47 Å². The molecule has 11 heavy (non-hydrogen) atoms. The molecule has 0 aromatic heterocycles. The van der Waals surface area contributed by atoms with E-state index in [2.05, 4.69) is 22.6 Å². The van der Waals surface area contributed by atoms with Gasteiger partial charge in [-0.1, -0.05) is 0 Å². The molecule has 1 atom stereocenters. The fourth-order valence-corrected chi connectivity index (χ4v) is 1.26. The van der Waals surface area contributed by atoms with Crippen LogP contribution in [0.3, 0.4) is 0 Å². The predicted molar refractivity (Wildman–Crippen MR) is 46.3 cm³/mol. The van der Waals surface area contributed by atoms with Crippen molar-refractivity contribution in [3.8, 4) is 0 Å². The van der Waals surface area contributed by atoms with Crippen LogP contribution in [0.2, 0.25) is 0 Å². The molecule has 1 aromatic rings. The van der Waals surface area contributed by atoms with Crippen molar-refractivity contribution in [1.29, 1.82) is 0 Å². The van der Waals surface area contributed by atoms with E-state index in [1.165, 1.54) is 0 Å². The Kier molecular flexibility index (Phi) is 5.65. The van der Waals surface area contributed by atoms with Crippen LogP contribution in [-0.4, -0.2) is 8.76 Å². The molecule has 0 aliphatic heterocycles. The molecule has 0 bridgehead atoms. The second-order valence-corrected chi connectivity index (χ2v) is 3.88. The molecule has 1 aromatic carbocycles. The van der Waals surface area contributed by atoms with E-state index in [0.717, 1.165) is 3.57 Å². The minimum Gasteiger partial charge on any atom is -0.768 e. The van der Waals surface area contributed by atoms with E-state index in [9.17, 15) is 8.76 Å². The first-order valence-electron chi connectivity index (χ1n) is 2.55. The first-order chi connectivity index (χ1) is 4.70. The normalized spacial score (nSPS) is 11.8. The van der Waals surface area contributed by atoms with E-state index in [1.807, 2.05) is 0 Å². The average Bonchev–Trinajstić information content (AvgIpc) is 1.88. The third kappa shape index (κ3) is 3.72. The maximum Gasteiger partial charge on any atom is 1.00 e. The second-order valence-electron chi connectivity index (χ2n) is 1.69. The Bertz CT molecular complexity index is 249. The average molecular weight is 274 g/mol. The Morgan fingerprint density at radius 1 is 1.27 bits per heavy atom. The van der Waals surface area contributed by atoms with Gasteiger partial charge in [-0.15, -0.1) is 0 Å². The van der Waals surface area contributed by atoms with Crippen molar-refractivity contribution >= 4 is 33.7 Å². The van der Waals surface area contributed by atoms with Crippen molar-refractivity contribution < 1.29 is 27.6 Å². The third-order valence-corrected chi connectivity index (χ3v) is 2.38. The number of halogens is 1. The van der Waals surface area contributed by atoms with E-state index < -0.39 is 11.1 Å². The molecule has 0 aliphatic carbocycles. The quantitative estimate of drug-likeness (QED) is 0.356. The van der Waals surface area contributed by atoms with Crippen molar-refractivity contribution in [1.82, 2.24) is 0 Å². The van der Waals surface area contributed by atoms with Crippen molar-refractivity contribution in [2.75, 3.05) is 0 Å². The Labute approximate surface area is 93.4 Å². The van der Waals surface area contributed by atoms with Crippen LogP contribution < -0.4 is 18.9 Å². The zero-order chi connectivity index (χ0) is 7.56. The molecule has 0 amide bonds. The second kappa shape index (κ2) is 5.33. The summed E-state index contributed by atoms with van der Waals surface area (Å²) in [4.78, 5) is 0.334. The first-order valence-corrected chi connectivity index (χ1v) is 4.70. The zero-order valence-corrected chi connectivity index (χ0v) is 8.89. The fraction of sp³-hybridized carbons (Fsp3) is 0. The molecule has 2 nitrogen and oxygen atoms in total. The molecule has 0 N–H and O–H groups in total. The topological polar surface area (TPSA) is 40.1 Å². The smallest absolute Gasteiger partial charge is 0.768 e. The predicted octanol–water partition coefficient (Wildman–Crippen LogP) is -1.47. The molecule has 5 heteroatoms. The third-order valence-electron chi connectivity index (χ3n) is 1.01. The minimum atomic E-state index is -2.09. The van der Waals surface area contributed by atoms with Crippen LogP contribution in [0.1, 0.15) is 0 Å². The summed E-state index contributed by atoms with van der Waals surface area (Å²) >= 11 is 0.0283. The van der Waals surface area contributed by atoms with E-state index in [-0.39, 0.29) is 18.9 Å². The van der Waals surface area contributed by atoms with Gasteiger partial charge >= 0.3 is 18.9 Å². The molecule has 0 fully saturated rings. The van der Waals surface area contributed by atoms with Gasteiger partial charge in [-0.25, -0.2) is 0 Å². The number of benzene rings is 1. The summed E-state index contributed by atoms with van der Waals surface area (Å²) in [7, 11) is 0. The van der Waals surface area contributed by atoms with E-state index in [1.54, 1.807) is 24.3 Å². The molecular formula is C6H4ILiO2S. The van der Waals surface area contributed by atoms with Gasteiger partial charge in [-0.05, 0) is 57.9 Å². The fourth-order valence-electron chi connectivity index (χ4n) is 0.546. The zero-order valence-electron chi connectivity index (χ0n) is 5.91. The molecular weight excluding hydrogens is 270 g/mol. The maximum absolute atomic E-state index is 10.3. The standard InChI is InChI=1S/C6H5IO2S.Li/c7-5-1-3-6(4-2-5)10(8)9;/h1-4H,(H,8,9);/q;+1/p-1. The van der Waals surface area contributed by atoms with Gasteiger partial charge in [0.1, 0.15) is 0 Å². The number of hydrogen-bond acceptors (Lipinski definition) is 2. The molecule has 0 spiro atoms. The van der Waals surface area contributed by atoms with Crippen molar-refractivity contribution in [3.63, 3.8) is 0 Å². The van der Waals surface area contributed by atoms with Crippen LogP contribution in [0, 0.1) is 3.57 Å². The van der Waals surface area contributed by atoms with Crippen LogP contribution in [0.15, 0.2) is 29.2 Å². The Balaban J connectivity index is 0.000001000. The molecule has 0 aliphatic rings. The Morgan fingerprint density at radius 3 is 2.09 bits per heavy atom. The summed E-state index contributed by atoms with van der Waals surface area (Å²) in [5.74, 6) is 0. The monoisotopic (exact) mass is 274 g/mol. The van der Waals surface area contributed by atoms with Gasteiger partial charge in [0.15, 0.2) is 0 Å². The maximum atomic E-state index is 10.3. The van der Waals surface area contributed by atoms with Crippen LogP contribution in [0.25, 0.3) is 0 Å². The van der Waals surface area contributed by atoms with Gasteiger partial charge in [0.25, 0.3) is 0 Å². The molecule has 0 saturated carbocycles. The van der Waals surface area contributed by atoms with Gasteiger partial charge in [0.2, 0.25) is 0 Å². The SMILES string of the molecule is O=S([O-])c1ccc(I)cc1.[Li+]. The summed E-state index contributed by atoms with van der Waals surface area (Å²) in [5.41, 5.74) is 0. The minimum absolute atomic E-state index is 0. The van der Waals surface area contributed by atoms with Gasteiger partial charge in [-0.2, -0.15) is 0 Å². The van der Waals surface area contributed by atoms with E-state index in [0.29, 0.717) is 4.90 Å². The number of hydrogen-bond donors (Lipinski definition) is 0. The van der Waals surface area contributed by atoms with Crippen LogP contribution in [0.4, 0.5) is 0 Å². The van der Waals surface area contributed by atoms with Crippen LogP contribution in [-0.2, 0) is 11.1 Å². The van der Waals surface area contributed by atoms with E-state index in [4.69, 9.17) is 0 Å². The van der Waals surface area contributed by atoms with Gasteiger partial charge < -0.3 is 4.55 Å². The summed E-state index contributed by atoms with van der Waals surface area (Å²) < 4.78 is 21.7. The van der Waals surface area contributed by atoms with Crippen LogP contribution >= 0.6 is 22.6 Å². The molecule has 54 valence electrons. The number of rotatable bonds is 1. The largest absolute Gasteiger partial charge is 1.00 e. The van der Waals surface area contributed by atoms with Gasteiger partial charge in [0.05, 0.1) is 0 Å². The van der Waals surface area contributed by atoms with Crippen molar-refractivity contribution in [2.45, 2.75) is 4.90 Å². The summed E-state index contributed by atoms with van der Waals surface area (Å²) in [6, 6.07) is 6.66. The molecule has 0 radical (unpaired) electrons. The Morgan fingerprint density at radius 2 is 1.73 bits per heavy atom. The molecule has 0 heterocycles. The Hall–Kier alpha value is 0.657. The summed E-state index contributed by atoms with van der Waals surface area (Å²) in [5, 5.41) is 0. The summed E-state index contributed by atoms with van der Waals surface area (Å²) in [6.07, 6.45) is 0. The van der Waals surface area contributed by atoms with E-state index >= 15 is 0 Å². The summed E-state index contributed by atoms with van der Waals surface area (Å²) in [6.45, 7) is 0. The van der Waals surface area contributed by atoms with Crippen molar-refractivity contribution in [3.05, 3.63) is 27.8 Å². The van der Waals surface area contributed by atoms with Crippen molar-refractivity contribution in [2.24, 2.45) is 0 Å². The molecule has 1 rings (SSSR count). The molecule has 0 saturated heterocycles. The first kappa shape index (κ1) is 11.7. The van der Waals surface area contributed by atoms with Crippen LogP contribution in [0.5, 0.6) is 0 Å². The molecule has 1 unspecified atom stereocenters.